The second-order valence-corrected chi connectivity index (χ2v) is 5.75. The lowest BCUT2D eigenvalue weighted by molar-refractivity contribution is -0.136. The van der Waals surface area contributed by atoms with Gasteiger partial charge in [0.15, 0.2) is 0 Å². The Morgan fingerprint density at radius 2 is 2.12 bits per heavy atom. The number of amides is 1. The van der Waals surface area contributed by atoms with E-state index in [1.807, 2.05) is 11.8 Å². The van der Waals surface area contributed by atoms with Crippen molar-refractivity contribution in [3.8, 4) is 0 Å². The van der Waals surface area contributed by atoms with Gasteiger partial charge in [-0.05, 0) is 44.4 Å². The molecule has 0 bridgehead atoms. The zero-order valence-corrected chi connectivity index (χ0v) is 10.5. The van der Waals surface area contributed by atoms with Crippen LogP contribution in [0.5, 0.6) is 0 Å². The van der Waals surface area contributed by atoms with Crippen LogP contribution in [0, 0.1) is 11.8 Å². The lowest BCUT2D eigenvalue weighted by Gasteiger charge is -2.29. The Labute approximate surface area is 98.4 Å². The van der Waals surface area contributed by atoms with Crippen molar-refractivity contribution in [2.75, 3.05) is 13.1 Å². The van der Waals surface area contributed by atoms with Crippen LogP contribution in [-0.2, 0) is 4.79 Å². The summed E-state index contributed by atoms with van der Waals surface area (Å²) in [5.41, 5.74) is 5.58. The molecule has 1 aliphatic heterocycles. The van der Waals surface area contributed by atoms with Gasteiger partial charge in [0.2, 0.25) is 5.91 Å². The Kier molecular flexibility index (Phi) is 3.24. The van der Waals surface area contributed by atoms with Crippen molar-refractivity contribution < 1.29 is 4.79 Å². The number of nitrogens with two attached hydrogens (primary N) is 1. The maximum absolute atomic E-state index is 12.3. The van der Waals surface area contributed by atoms with Gasteiger partial charge in [-0.1, -0.05) is 13.3 Å². The number of likely N-dealkylation sites (tertiary alicyclic amines) is 1. The second kappa shape index (κ2) is 4.36. The number of carbonyl (C=O) groups excluding carboxylic acids is 1. The molecule has 2 unspecified atom stereocenters. The van der Waals surface area contributed by atoms with E-state index in [4.69, 9.17) is 5.73 Å². The van der Waals surface area contributed by atoms with E-state index in [2.05, 4.69) is 6.92 Å². The molecule has 16 heavy (non-hydrogen) atoms. The molecule has 1 saturated carbocycles. The SMILES string of the molecule is CCCC1CCN(C(=O)C(C)(N)C2CC2)C1. The minimum Gasteiger partial charge on any atom is -0.341 e. The van der Waals surface area contributed by atoms with Crippen molar-refractivity contribution in [2.45, 2.75) is 51.5 Å². The summed E-state index contributed by atoms with van der Waals surface area (Å²) >= 11 is 0. The molecule has 1 saturated heterocycles. The normalized spacial score (nSPS) is 29.2. The van der Waals surface area contributed by atoms with Gasteiger partial charge in [-0.15, -0.1) is 0 Å². The number of nitrogens with zero attached hydrogens (tertiary/aromatic N) is 1. The molecule has 0 radical (unpaired) electrons. The first kappa shape index (κ1) is 11.9. The zero-order chi connectivity index (χ0) is 11.8. The highest BCUT2D eigenvalue weighted by molar-refractivity contribution is 5.86. The summed E-state index contributed by atoms with van der Waals surface area (Å²) in [7, 11) is 0. The smallest absolute Gasteiger partial charge is 0.242 e. The first-order chi connectivity index (χ1) is 7.55. The third-order valence-electron chi connectivity index (χ3n) is 4.16. The first-order valence-electron chi connectivity index (χ1n) is 6.64. The molecule has 2 fully saturated rings. The fourth-order valence-electron chi connectivity index (χ4n) is 2.86. The van der Waals surface area contributed by atoms with Gasteiger partial charge in [0, 0.05) is 13.1 Å². The Hall–Kier alpha value is -0.570. The second-order valence-electron chi connectivity index (χ2n) is 5.75. The molecule has 1 heterocycles. The molecule has 0 spiro atoms. The number of hydrogen-bond acceptors (Lipinski definition) is 2. The van der Waals surface area contributed by atoms with Crippen LogP contribution in [0.25, 0.3) is 0 Å². The van der Waals surface area contributed by atoms with Crippen molar-refractivity contribution in [3.63, 3.8) is 0 Å². The van der Waals surface area contributed by atoms with Gasteiger partial charge in [0.25, 0.3) is 0 Å². The monoisotopic (exact) mass is 224 g/mol. The number of rotatable bonds is 4. The van der Waals surface area contributed by atoms with E-state index < -0.39 is 5.54 Å². The van der Waals surface area contributed by atoms with Crippen LogP contribution in [0.15, 0.2) is 0 Å². The van der Waals surface area contributed by atoms with E-state index in [0.717, 1.165) is 25.9 Å². The highest BCUT2D eigenvalue weighted by atomic mass is 16.2. The molecule has 0 aromatic carbocycles. The van der Waals surface area contributed by atoms with Crippen molar-refractivity contribution in [2.24, 2.45) is 17.6 Å². The minimum absolute atomic E-state index is 0.189. The summed E-state index contributed by atoms with van der Waals surface area (Å²) in [6.07, 6.45) is 5.89. The molecule has 3 heteroatoms. The summed E-state index contributed by atoms with van der Waals surface area (Å²) in [5.74, 6) is 1.34. The molecule has 3 nitrogen and oxygen atoms in total. The Bertz CT molecular complexity index is 271. The van der Waals surface area contributed by atoms with Crippen LogP contribution in [0.4, 0.5) is 0 Å². The van der Waals surface area contributed by atoms with Gasteiger partial charge in [-0.3, -0.25) is 4.79 Å². The Morgan fingerprint density at radius 1 is 1.44 bits per heavy atom. The molecule has 2 aliphatic rings. The molecule has 92 valence electrons. The first-order valence-corrected chi connectivity index (χ1v) is 6.64. The maximum atomic E-state index is 12.3. The van der Waals surface area contributed by atoms with Gasteiger partial charge in [0.1, 0.15) is 0 Å². The van der Waals surface area contributed by atoms with Crippen molar-refractivity contribution in [3.05, 3.63) is 0 Å². The third-order valence-corrected chi connectivity index (χ3v) is 4.16. The summed E-state index contributed by atoms with van der Waals surface area (Å²) < 4.78 is 0. The summed E-state index contributed by atoms with van der Waals surface area (Å²) in [5, 5.41) is 0. The molecular weight excluding hydrogens is 200 g/mol. The number of hydrogen-bond donors (Lipinski definition) is 1. The minimum atomic E-state index is -0.596. The summed E-state index contributed by atoms with van der Waals surface area (Å²) in [6, 6.07) is 0. The van der Waals surface area contributed by atoms with Crippen LogP contribution in [0.2, 0.25) is 0 Å². The van der Waals surface area contributed by atoms with E-state index in [1.54, 1.807) is 0 Å². The fourth-order valence-corrected chi connectivity index (χ4v) is 2.86. The van der Waals surface area contributed by atoms with E-state index in [-0.39, 0.29) is 5.91 Å². The molecule has 0 aromatic heterocycles. The van der Waals surface area contributed by atoms with Gasteiger partial charge in [0.05, 0.1) is 5.54 Å². The number of carbonyl (C=O) groups is 1. The van der Waals surface area contributed by atoms with Crippen molar-refractivity contribution in [1.29, 1.82) is 0 Å². The van der Waals surface area contributed by atoms with E-state index in [9.17, 15) is 4.79 Å². The van der Waals surface area contributed by atoms with Crippen molar-refractivity contribution >= 4 is 5.91 Å². The van der Waals surface area contributed by atoms with Crippen LogP contribution < -0.4 is 5.73 Å². The highest BCUT2D eigenvalue weighted by Crippen LogP contribution is 2.39. The van der Waals surface area contributed by atoms with Gasteiger partial charge < -0.3 is 10.6 Å². The third kappa shape index (κ3) is 2.24. The quantitative estimate of drug-likeness (QED) is 0.791. The van der Waals surface area contributed by atoms with Crippen molar-refractivity contribution in [1.82, 2.24) is 4.90 Å². The predicted octanol–water partition coefficient (Wildman–Crippen LogP) is 1.76. The van der Waals surface area contributed by atoms with E-state index in [0.29, 0.717) is 11.8 Å². The molecule has 1 aliphatic carbocycles. The molecule has 2 N–H and O–H groups in total. The average molecular weight is 224 g/mol. The standard InChI is InChI=1S/C13H24N2O/c1-3-4-10-7-8-15(9-10)12(16)13(2,14)11-5-6-11/h10-11H,3-9,14H2,1-2H3. The zero-order valence-electron chi connectivity index (χ0n) is 10.5. The summed E-state index contributed by atoms with van der Waals surface area (Å²) in [6.45, 7) is 5.98. The Morgan fingerprint density at radius 3 is 2.69 bits per heavy atom. The lowest BCUT2D eigenvalue weighted by atomic mass is 9.95. The molecule has 2 rings (SSSR count). The predicted molar refractivity (Wildman–Crippen MR) is 64.9 cm³/mol. The fraction of sp³-hybridized carbons (Fsp3) is 0.923. The Balaban J connectivity index is 1.91. The van der Waals surface area contributed by atoms with Gasteiger partial charge in [-0.25, -0.2) is 0 Å². The molecule has 0 aromatic rings. The van der Waals surface area contributed by atoms with Crippen LogP contribution in [-0.4, -0.2) is 29.4 Å². The van der Waals surface area contributed by atoms with E-state index >= 15 is 0 Å². The molecule has 1 amide bonds. The van der Waals surface area contributed by atoms with Gasteiger partial charge >= 0.3 is 0 Å². The largest absolute Gasteiger partial charge is 0.341 e. The van der Waals surface area contributed by atoms with Crippen LogP contribution in [0.3, 0.4) is 0 Å². The lowest BCUT2D eigenvalue weighted by Crippen LogP contribution is -2.54. The maximum Gasteiger partial charge on any atom is 0.242 e. The molecular formula is C13H24N2O. The summed E-state index contributed by atoms with van der Waals surface area (Å²) in [4.78, 5) is 14.3. The highest BCUT2D eigenvalue weighted by Gasteiger charge is 2.46. The average Bonchev–Trinajstić information content (AvgIpc) is 3.00. The topological polar surface area (TPSA) is 46.3 Å². The molecule has 2 atom stereocenters. The van der Waals surface area contributed by atoms with E-state index in [1.165, 1.54) is 19.3 Å². The van der Waals surface area contributed by atoms with Gasteiger partial charge in [-0.2, -0.15) is 0 Å². The van der Waals surface area contributed by atoms with Crippen LogP contribution >= 0.6 is 0 Å². The van der Waals surface area contributed by atoms with Crippen LogP contribution in [0.1, 0.15) is 46.0 Å².